The molecule has 0 aliphatic rings. The van der Waals surface area contributed by atoms with Crippen molar-refractivity contribution in [1.29, 1.82) is 0 Å². The van der Waals surface area contributed by atoms with Crippen LogP contribution in [0.3, 0.4) is 0 Å². The van der Waals surface area contributed by atoms with Crippen LogP contribution in [0.5, 0.6) is 17.2 Å². The Morgan fingerprint density at radius 2 is 1.68 bits per heavy atom. The van der Waals surface area contributed by atoms with Crippen LogP contribution in [-0.2, 0) is 4.79 Å². The third-order valence-corrected chi connectivity index (χ3v) is 2.54. The number of amides is 1. The summed E-state index contributed by atoms with van der Waals surface area (Å²) in [5.41, 5.74) is 0.503. The standard InChI is InChI=1S/C13H19NO5/c1-17-10-8-12(19-3)11(18-2)7-9(10)14-13(16)5-4-6-15/h7-8,15H,4-6H2,1-3H3,(H,14,16). The summed E-state index contributed by atoms with van der Waals surface area (Å²) in [5, 5.41) is 11.4. The summed E-state index contributed by atoms with van der Waals surface area (Å²) >= 11 is 0. The largest absolute Gasteiger partial charge is 0.494 e. The van der Waals surface area contributed by atoms with Crippen molar-refractivity contribution in [1.82, 2.24) is 0 Å². The van der Waals surface area contributed by atoms with E-state index in [2.05, 4.69) is 5.32 Å². The predicted octanol–water partition coefficient (Wildman–Crippen LogP) is 1.42. The molecule has 0 saturated heterocycles. The van der Waals surface area contributed by atoms with E-state index in [4.69, 9.17) is 19.3 Å². The Morgan fingerprint density at radius 1 is 1.11 bits per heavy atom. The molecule has 0 radical (unpaired) electrons. The number of aliphatic hydroxyl groups is 1. The highest BCUT2D eigenvalue weighted by atomic mass is 16.5. The number of rotatable bonds is 7. The number of ether oxygens (including phenoxy) is 3. The molecule has 6 heteroatoms. The molecule has 1 aromatic rings. The molecule has 1 amide bonds. The highest BCUT2D eigenvalue weighted by Crippen LogP contribution is 2.37. The summed E-state index contributed by atoms with van der Waals surface area (Å²) in [7, 11) is 4.54. The van der Waals surface area contributed by atoms with E-state index in [1.165, 1.54) is 21.3 Å². The molecule has 0 aliphatic carbocycles. The molecule has 2 N–H and O–H groups in total. The third-order valence-electron chi connectivity index (χ3n) is 2.54. The first-order valence-corrected chi connectivity index (χ1v) is 5.87. The minimum Gasteiger partial charge on any atom is -0.494 e. The number of carbonyl (C=O) groups is 1. The van der Waals surface area contributed by atoms with E-state index in [0.717, 1.165) is 0 Å². The minimum atomic E-state index is -0.195. The van der Waals surface area contributed by atoms with E-state index in [9.17, 15) is 4.79 Å². The normalized spacial score (nSPS) is 9.89. The maximum atomic E-state index is 11.6. The molecule has 0 bridgehead atoms. The number of anilines is 1. The lowest BCUT2D eigenvalue weighted by Gasteiger charge is -2.14. The monoisotopic (exact) mass is 269 g/mol. The van der Waals surface area contributed by atoms with Gasteiger partial charge in [0.1, 0.15) is 5.75 Å². The number of carbonyl (C=O) groups excluding carboxylic acids is 1. The predicted molar refractivity (Wildman–Crippen MR) is 71.0 cm³/mol. The van der Waals surface area contributed by atoms with Crippen LogP contribution in [0, 0.1) is 0 Å². The maximum Gasteiger partial charge on any atom is 0.224 e. The Labute approximate surface area is 112 Å². The van der Waals surface area contributed by atoms with Crippen LogP contribution in [0.25, 0.3) is 0 Å². The van der Waals surface area contributed by atoms with Gasteiger partial charge in [-0.15, -0.1) is 0 Å². The Bertz CT molecular complexity index is 433. The molecular weight excluding hydrogens is 250 g/mol. The molecule has 19 heavy (non-hydrogen) atoms. The van der Waals surface area contributed by atoms with Crippen LogP contribution in [-0.4, -0.2) is 38.9 Å². The fraction of sp³-hybridized carbons (Fsp3) is 0.462. The van der Waals surface area contributed by atoms with E-state index in [0.29, 0.717) is 29.4 Å². The lowest BCUT2D eigenvalue weighted by Crippen LogP contribution is -2.12. The van der Waals surface area contributed by atoms with E-state index < -0.39 is 0 Å². The Hall–Kier alpha value is -1.95. The third kappa shape index (κ3) is 4.03. The zero-order valence-corrected chi connectivity index (χ0v) is 11.4. The Morgan fingerprint density at radius 3 is 2.21 bits per heavy atom. The van der Waals surface area contributed by atoms with Crippen LogP contribution < -0.4 is 19.5 Å². The second-order valence-electron chi connectivity index (χ2n) is 3.78. The average Bonchev–Trinajstić information content (AvgIpc) is 2.44. The summed E-state index contributed by atoms with van der Waals surface area (Å²) in [6, 6.07) is 3.27. The van der Waals surface area contributed by atoms with Crippen molar-refractivity contribution < 1.29 is 24.1 Å². The number of methoxy groups -OCH3 is 3. The van der Waals surface area contributed by atoms with Gasteiger partial charge in [0.05, 0.1) is 27.0 Å². The first-order chi connectivity index (χ1) is 9.15. The first-order valence-electron chi connectivity index (χ1n) is 5.87. The number of aliphatic hydroxyl groups excluding tert-OH is 1. The van der Waals surface area contributed by atoms with Gasteiger partial charge in [-0.3, -0.25) is 4.79 Å². The van der Waals surface area contributed by atoms with Crippen LogP contribution >= 0.6 is 0 Å². The van der Waals surface area contributed by atoms with Gasteiger partial charge < -0.3 is 24.6 Å². The van der Waals surface area contributed by atoms with Crippen molar-refractivity contribution in [2.24, 2.45) is 0 Å². The molecule has 0 heterocycles. The Balaban J connectivity index is 2.95. The van der Waals surface area contributed by atoms with Crippen molar-refractivity contribution in [3.8, 4) is 17.2 Å². The van der Waals surface area contributed by atoms with Crippen molar-refractivity contribution in [3.63, 3.8) is 0 Å². The topological polar surface area (TPSA) is 77.0 Å². The van der Waals surface area contributed by atoms with Gasteiger partial charge in [-0.2, -0.15) is 0 Å². The molecule has 0 aromatic heterocycles. The second kappa shape index (κ2) is 7.48. The molecule has 1 aromatic carbocycles. The van der Waals surface area contributed by atoms with Crippen LogP contribution in [0.4, 0.5) is 5.69 Å². The zero-order chi connectivity index (χ0) is 14.3. The van der Waals surface area contributed by atoms with Gasteiger partial charge in [-0.25, -0.2) is 0 Å². The number of benzene rings is 1. The molecule has 0 fully saturated rings. The molecule has 6 nitrogen and oxygen atoms in total. The van der Waals surface area contributed by atoms with Crippen molar-refractivity contribution in [2.75, 3.05) is 33.3 Å². The summed E-state index contributed by atoms with van der Waals surface area (Å²) in [5.74, 6) is 1.31. The second-order valence-corrected chi connectivity index (χ2v) is 3.78. The van der Waals surface area contributed by atoms with Gasteiger partial charge in [-0.05, 0) is 6.42 Å². The van der Waals surface area contributed by atoms with Gasteiger partial charge >= 0.3 is 0 Å². The zero-order valence-electron chi connectivity index (χ0n) is 11.4. The maximum absolute atomic E-state index is 11.6. The van der Waals surface area contributed by atoms with Crippen LogP contribution in [0.1, 0.15) is 12.8 Å². The van der Waals surface area contributed by atoms with Gasteiger partial charge in [0.2, 0.25) is 5.91 Å². The summed E-state index contributed by atoms with van der Waals surface area (Å²) in [4.78, 5) is 11.6. The van der Waals surface area contributed by atoms with Gasteiger partial charge in [0, 0.05) is 25.2 Å². The van der Waals surface area contributed by atoms with Crippen molar-refractivity contribution >= 4 is 11.6 Å². The molecule has 0 saturated carbocycles. The van der Waals surface area contributed by atoms with E-state index in [1.54, 1.807) is 12.1 Å². The summed E-state index contributed by atoms with van der Waals surface area (Å²) < 4.78 is 15.5. The van der Waals surface area contributed by atoms with E-state index in [-0.39, 0.29) is 18.9 Å². The van der Waals surface area contributed by atoms with Crippen molar-refractivity contribution in [3.05, 3.63) is 12.1 Å². The quantitative estimate of drug-likeness (QED) is 0.783. The molecule has 0 aliphatic heterocycles. The number of hydrogen-bond acceptors (Lipinski definition) is 5. The van der Waals surface area contributed by atoms with E-state index >= 15 is 0 Å². The minimum absolute atomic E-state index is 0.0174. The van der Waals surface area contributed by atoms with Gasteiger partial charge in [0.15, 0.2) is 11.5 Å². The molecule has 106 valence electrons. The SMILES string of the molecule is COc1cc(OC)c(OC)cc1NC(=O)CCCO. The molecular formula is C13H19NO5. The smallest absolute Gasteiger partial charge is 0.224 e. The lowest BCUT2D eigenvalue weighted by atomic mass is 10.2. The molecule has 1 rings (SSSR count). The molecule has 0 unspecified atom stereocenters. The van der Waals surface area contributed by atoms with Crippen LogP contribution in [0.2, 0.25) is 0 Å². The number of hydrogen-bond donors (Lipinski definition) is 2. The molecule has 0 atom stereocenters. The van der Waals surface area contributed by atoms with Crippen LogP contribution in [0.15, 0.2) is 12.1 Å². The van der Waals surface area contributed by atoms with Gasteiger partial charge in [0.25, 0.3) is 0 Å². The number of nitrogens with one attached hydrogen (secondary N) is 1. The van der Waals surface area contributed by atoms with Gasteiger partial charge in [-0.1, -0.05) is 0 Å². The summed E-state index contributed by atoms with van der Waals surface area (Å²) in [6.07, 6.45) is 0.662. The highest BCUT2D eigenvalue weighted by Gasteiger charge is 2.13. The van der Waals surface area contributed by atoms with Crippen molar-refractivity contribution in [2.45, 2.75) is 12.8 Å². The first kappa shape index (κ1) is 15.1. The lowest BCUT2D eigenvalue weighted by molar-refractivity contribution is -0.116. The van der Waals surface area contributed by atoms with E-state index in [1.807, 2.05) is 0 Å². The fourth-order valence-electron chi connectivity index (χ4n) is 1.58. The summed E-state index contributed by atoms with van der Waals surface area (Å²) in [6.45, 7) is -0.0174. The Kier molecular flexibility index (Phi) is 5.95. The fourth-order valence-corrected chi connectivity index (χ4v) is 1.58. The highest BCUT2D eigenvalue weighted by molar-refractivity contribution is 5.92. The average molecular weight is 269 g/mol. The molecule has 0 spiro atoms.